The number of anilines is 1. The number of morpholine rings is 1. The second-order valence-electron chi connectivity index (χ2n) is 10.1. The number of ketones is 1. The Kier molecular flexibility index (Phi) is 8.05. The number of nitrogens with zero attached hydrogens (tertiary/aromatic N) is 3. The molecule has 5 rings (SSSR count). The molecule has 4 aromatic rings. The van der Waals surface area contributed by atoms with E-state index >= 15 is 0 Å². The predicted octanol–water partition coefficient (Wildman–Crippen LogP) is 4.99. The number of nitrogens with one attached hydrogen (secondary N) is 1. The van der Waals surface area contributed by atoms with Crippen LogP contribution < -0.4 is 10.1 Å². The first-order chi connectivity index (χ1) is 18.9. The van der Waals surface area contributed by atoms with Gasteiger partial charge in [-0.3, -0.25) is 14.5 Å². The van der Waals surface area contributed by atoms with Crippen LogP contribution in [0.3, 0.4) is 0 Å². The molecule has 0 atom stereocenters. The Labute approximate surface area is 228 Å². The van der Waals surface area contributed by atoms with Gasteiger partial charge in [-0.1, -0.05) is 55.8 Å². The van der Waals surface area contributed by atoms with Gasteiger partial charge in [-0.2, -0.15) is 5.10 Å². The quantitative estimate of drug-likeness (QED) is 0.244. The average Bonchev–Trinajstić information content (AvgIpc) is 3.38. The van der Waals surface area contributed by atoms with Crippen LogP contribution in [-0.2, 0) is 9.53 Å². The third-order valence-corrected chi connectivity index (χ3v) is 6.94. The summed E-state index contributed by atoms with van der Waals surface area (Å²) in [5.74, 6) is -0.0376. The van der Waals surface area contributed by atoms with E-state index in [1.807, 2.05) is 75.4 Å². The fourth-order valence-corrected chi connectivity index (χ4v) is 4.65. The number of aryl methyl sites for hydroxylation is 1. The molecule has 1 amide bonds. The largest absolute Gasteiger partial charge is 0.492 e. The molecule has 0 saturated carbocycles. The van der Waals surface area contributed by atoms with Crippen molar-refractivity contribution in [3.63, 3.8) is 0 Å². The monoisotopic (exact) mass is 526 g/mol. The van der Waals surface area contributed by atoms with Crippen LogP contribution in [0.15, 0.2) is 66.7 Å². The lowest BCUT2D eigenvalue weighted by molar-refractivity contribution is -0.112. The molecule has 8 nitrogen and oxygen atoms in total. The van der Waals surface area contributed by atoms with E-state index in [0.29, 0.717) is 29.1 Å². The van der Waals surface area contributed by atoms with Crippen LogP contribution >= 0.6 is 0 Å². The predicted molar refractivity (Wildman–Crippen MR) is 152 cm³/mol. The number of aromatic nitrogens is 2. The van der Waals surface area contributed by atoms with Crippen molar-refractivity contribution in [3.05, 3.63) is 83.6 Å². The standard InChI is InChI=1S/C31H34N4O4/c1-21(2)27-20-29(35(33-27)23-10-8-22(3)9-11-23)32-31(37)30(36)26-12-13-28(25-7-5-4-6-24(25)26)39-19-16-34-14-17-38-18-15-34/h4-13,20-21H,14-19H2,1-3H3,(H,32,37). The third-order valence-electron chi connectivity index (χ3n) is 6.94. The van der Waals surface area contributed by atoms with Crippen molar-refractivity contribution in [1.82, 2.24) is 14.7 Å². The SMILES string of the molecule is Cc1ccc(-n2nc(C(C)C)cc2NC(=O)C(=O)c2ccc(OCCN3CCOCC3)c3ccccc23)cc1. The minimum absolute atomic E-state index is 0.155. The van der Waals surface area contributed by atoms with E-state index in [9.17, 15) is 9.59 Å². The number of fused-ring (bicyclic) bond motifs is 1. The van der Waals surface area contributed by atoms with Crippen molar-refractivity contribution in [2.24, 2.45) is 0 Å². The molecule has 3 aromatic carbocycles. The first kappa shape index (κ1) is 26.6. The number of benzene rings is 3. The molecular weight excluding hydrogens is 492 g/mol. The number of rotatable bonds is 9. The Morgan fingerprint density at radius 3 is 2.44 bits per heavy atom. The summed E-state index contributed by atoms with van der Waals surface area (Å²) in [6.07, 6.45) is 0. The zero-order chi connectivity index (χ0) is 27.4. The van der Waals surface area contributed by atoms with Crippen molar-refractivity contribution in [3.8, 4) is 11.4 Å². The normalized spacial score (nSPS) is 14.1. The fraction of sp³-hybridized carbons (Fsp3) is 0.323. The summed E-state index contributed by atoms with van der Waals surface area (Å²) >= 11 is 0. The number of amides is 1. The van der Waals surface area contributed by atoms with Gasteiger partial charge in [-0.05, 0) is 42.5 Å². The van der Waals surface area contributed by atoms with E-state index in [1.54, 1.807) is 16.8 Å². The maximum Gasteiger partial charge on any atom is 0.297 e. The average molecular weight is 527 g/mol. The number of carbonyl (C=O) groups is 2. The van der Waals surface area contributed by atoms with Crippen LogP contribution in [0.25, 0.3) is 16.5 Å². The van der Waals surface area contributed by atoms with Gasteiger partial charge < -0.3 is 14.8 Å². The molecule has 0 unspecified atom stereocenters. The van der Waals surface area contributed by atoms with Crippen molar-refractivity contribution >= 4 is 28.3 Å². The first-order valence-electron chi connectivity index (χ1n) is 13.4. The molecule has 0 bridgehead atoms. The fourth-order valence-electron chi connectivity index (χ4n) is 4.65. The highest BCUT2D eigenvalue weighted by Gasteiger charge is 2.23. The molecular formula is C31H34N4O4. The molecule has 2 heterocycles. The van der Waals surface area contributed by atoms with Crippen molar-refractivity contribution < 1.29 is 19.1 Å². The van der Waals surface area contributed by atoms with E-state index in [4.69, 9.17) is 9.47 Å². The van der Waals surface area contributed by atoms with Crippen LogP contribution in [0.5, 0.6) is 5.75 Å². The summed E-state index contributed by atoms with van der Waals surface area (Å²) in [4.78, 5) is 29.0. The number of hydrogen-bond acceptors (Lipinski definition) is 6. The van der Waals surface area contributed by atoms with Gasteiger partial charge in [0.1, 0.15) is 18.2 Å². The highest BCUT2D eigenvalue weighted by atomic mass is 16.5. The van der Waals surface area contributed by atoms with E-state index in [1.165, 1.54) is 0 Å². The van der Waals surface area contributed by atoms with Gasteiger partial charge in [0.15, 0.2) is 0 Å². The molecule has 0 spiro atoms. The van der Waals surface area contributed by atoms with Crippen LogP contribution in [-0.4, -0.2) is 65.8 Å². The maximum atomic E-state index is 13.4. The lowest BCUT2D eigenvalue weighted by atomic mass is 10.00. The molecule has 1 N–H and O–H groups in total. The number of carbonyl (C=O) groups excluding carboxylic acids is 2. The van der Waals surface area contributed by atoms with Crippen LogP contribution in [0.2, 0.25) is 0 Å². The third kappa shape index (κ3) is 6.02. The first-order valence-corrected chi connectivity index (χ1v) is 13.4. The topological polar surface area (TPSA) is 85.7 Å². The molecule has 1 saturated heterocycles. The second-order valence-corrected chi connectivity index (χ2v) is 10.1. The molecule has 0 aliphatic carbocycles. The zero-order valence-electron chi connectivity index (χ0n) is 22.6. The lowest BCUT2D eigenvalue weighted by Crippen LogP contribution is -2.38. The van der Waals surface area contributed by atoms with E-state index in [-0.39, 0.29) is 5.92 Å². The lowest BCUT2D eigenvalue weighted by Gasteiger charge is -2.26. The molecule has 0 radical (unpaired) electrons. The maximum absolute atomic E-state index is 13.4. The van der Waals surface area contributed by atoms with Gasteiger partial charge in [-0.25, -0.2) is 4.68 Å². The van der Waals surface area contributed by atoms with Crippen LogP contribution in [0.1, 0.15) is 41.4 Å². The number of Topliss-reactive ketones (excluding diaryl/α,β-unsaturated/α-hetero) is 1. The minimum atomic E-state index is -0.718. The van der Waals surface area contributed by atoms with Crippen LogP contribution in [0.4, 0.5) is 5.82 Å². The summed E-state index contributed by atoms with van der Waals surface area (Å²) < 4.78 is 13.2. The van der Waals surface area contributed by atoms with Gasteiger partial charge in [0.2, 0.25) is 0 Å². The van der Waals surface area contributed by atoms with Gasteiger partial charge in [-0.15, -0.1) is 0 Å². The number of hydrogen-bond donors (Lipinski definition) is 1. The molecule has 1 aliphatic rings. The van der Waals surface area contributed by atoms with Gasteiger partial charge >= 0.3 is 0 Å². The summed E-state index contributed by atoms with van der Waals surface area (Å²) in [5, 5.41) is 8.97. The van der Waals surface area contributed by atoms with Crippen molar-refractivity contribution in [1.29, 1.82) is 0 Å². The minimum Gasteiger partial charge on any atom is -0.492 e. The van der Waals surface area contributed by atoms with E-state index in [0.717, 1.165) is 55.2 Å². The Morgan fingerprint density at radius 1 is 1.00 bits per heavy atom. The Hall–Kier alpha value is -4.01. The molecule has 1 aromatic heterocycles. The Morgan fingerprint density at radius 2 is 1.72 bits per heavy atom. The van der Waals surface area contributed by atoms with Gasteiger partial charge in [0.05, 0.1) is 24.6 Å². The highest BCUT2D eigenvalue weighted by Crippen LogP contribution is 2.30. The van der Waals surface area contributed by atoms with E-state index in [2.05, 4.69) is 15.3 Å². The van der Waals surface area contributed by atoms with Crippen molar-refractivity contribution in [2.75, 3.05) is 44.8 Å². The second kappa shape index (κ2) is 11.8. The number of ether oxygens (including phenoxy) is 2. The summed E-state index contributed by atoms with van der Waals surface area (Å²) in [5.41, 5.74) is 3.08. The zero-order valence-corrected chi connectivity index (χ0v) is 22.6. The molecule has 1 aliphatic heterocycles. The highest BCUT2D eigenvalue weighted by molar-refractivity contribution is 6.48. The van der Waals surface area contributed by atoms with Crippen LogP contribution in [0, 0.1) is 6.92 Å². The molecule has 1 fully saturated rings. The Bertz CT molecular complexity index is 1470. The summed E-state index contributed by atoms with van der Waals surface area (Å²) in [6, 6.07) is 20.6. The Balaban J connectivity index is 1.36. The van der Waals surface area contributed by atoms with Gasteiger partial charge in [0, 0.05) is 36.7 Å². The van der Waals surface area contributed by atoms with Gasteiger partial charge in [0.25, 0.3) is 11.7 Å². The summed E-state index contributed by atoms with van der Waals surface area (Å²) in [6.45, 7) is 10.7. The molecule has 39 heavy (non-hydrogen) atoms. The molecule has 8 heteroatoms. The molecule has 202 valence electrons. The smallest absolute Gasteiger partial charge is 0.297 e. The summed E-state index contributed by atoms with van der Waals surface area (Å²) in [7, 11) is 0. The van der Waals surface area contributed by atoms with Crippen molar-refractivity contribution in [2.45, 2.75) is 26.7 Å². The van der Waals surface area contributed by atoms with E-state index < -0.39 is 11.7 Å².